The molecule has 12 heavy (non-hydrogen) atoms. The maximum atomic E-state index is 9.57. The topological polar surface area (TPSA) is 162 Å². The molecule has 72 valence electrons. The summed E-state index contributed by atoms with van der Waals surface area (Å²) in [4.78, 5) is 18.3. The van der Waals surface area contributed by atoms with Gasteiger partial charge in [-0.05, 0) is 0 Å². The highest BCUT2D eigenvalue weighted by atomic mass is 16.7. The molecule has 0 unspecified atom stereocenters. The third-order valence-electron chi connectivity index (χ3n) is 0.399. The maximum absolute atomic E-state index is 9.57. The molecule has 0 aromatic rings. The number of hydrogen-bond donors (Lipinski definition) is 5. The fourth-order valence-corrected chi connectivity index (χ4v) is 0.168. The van der Waals surface area contributed by atoms with E-state index in [1.807, 2.05) is 0 Å². The molecular formula is C4H11N3O5. The Kier molecular flexibility index (Phi) is 8.25. The molecule has 8 heteroatoms. The molecule has 0 aromatic heterocycles. The van der Waals surface area contributed by atoms with Gasteiger partial charge in [0.1, 0.15) is 6.61 Å². The van der Waals surface area contributed by atoms with E-state index in [1.54, 1.807) is 0 Å². The van der Waals surface area contributed by atoms with Crippen molar-refractivity contribution in [1.82, 2.24) is 0 Å². The summed E-state index contributed by atoms with van der Waals surface area (Å²) in [7, 11) is 0. The zero-order valence-electron chi connectivity index (χ0n) is 6.14. The Balaban J connectivity index is 0. The lowest BCUT2D eigenvalue weighted by atomic mass is 10.6. The second kappa shape index (κ2) is 7.57. The van der Waals surface area contributed by atoms with E-state index in [9.17, 15) is 4.79 Å². The number of carboxylic acid groups (broad SMARTS) is 2. The lowest BCUT2D eigenvalue weighted by Crippen LogP contribution is -2.36. The summed E-state index contributed by atoms with van der Waals surface area (Å²) < 4.78 is 3.97. The van der Waals surface area contributed by atoms with Crippen molar-refractivity contribution in [2.24, 2.45) is 17.2 Å². The highest BCUT2D eigenvalue weighted by molar-refractivity contribution is 5.61. The van der Waals surface area contributed by atoms with Crippen LogP contribution in [-0.2, 0) is 4.74 Å². The van der Waals surface area contributed by atoms with Gasteiger partial charge in [-0.15, -0.1) is 0 Å². The first-order chi connectivity index (χ1) is 5.36. The molecule has 0 atom stereocenters. The van der Waals surface area contributed by atoms with Crippen molar-refractivity contribution in [3.63, 3.8) is 0 Å². The van der Waals surface area contributed by atoms with Crippen molar-refractivity contribution in [3.8, 4) is 0 Å². The Morgan fingerprint density at radius 1 is 1.33 bits per heavy atom. The van der Waals surface area contributed by atoms with Gasteiger partial charge < -0.3 is 32.2 Å². The highest BCUT2D eigenvalue weighted by Crippen LogP contribution is 1.74. The van der Waals surface area contributed by atoms with E-state index in [1.165, 1.54) is 0 Å². The van der Waals surface area contributed by atoms with E-state index in [4.69, 9.17) is 26.5 Å². The van der Waals surface area contributed by atoms with Gasteiger partial charge in [0.25, 0.3) is 0 Å². The fraction of sp³-hybridized carbons (Fsp3) is 0.500. The van der Waals surface area contributed by atoms with E-state index in [0.29, 0.717) is 0 Å². The lowest BCUT2D eigenvalue weighted by molar-refractivity contribution is 0.0867. The van der Waals surface area contributed by atoms with Gasteiger partial charge in [-0.3, -0.25) is 0 Å². The standard InChI is InChI=1S/C3H8N2O3.CH3NO2/c4-2(5)1-8-3(6)7;2-1(3)4/h2H,1,4-5H2,(H,6,7);2H2,(H,3,4). The number of amides is 1. The van der Waals surface area contributed by atoms with Crippen molar-refractivity contribution in [2.75, 3.05) is 6.61 Å². The molecule has 0 spiro atoms. The van der Waals surface area contributed by atoms with Crippen molar-refractivity contribution in [1.29, 1.82) is 0 Å². The summed E-state index contributed by atoms with van der Waals surface area (Å²) in [6, 6.07) is 0. The Morgan fingerprint density at radius 2 is 1.67 bits per heavy atom. The molecule has 1 amide bonds. The Morgan fingerprint density at radius 3 is 1.75 bits per heavy atom. The van der Waals surface area contributed by atoms with Crippen LogP contribution >= 0.6 is 0 Å². The summed E-state index contributed by atoms with van der Waals surface area (Å²) in [6.45, 7) is -0.157. The van der Waals surface area contributed by atoms with Gasteiger partial charge in [0.05, 0.1) is 6.17 Å². The minimum atomic E-state index is -1.36. The minimum absolute atomic E-state index is 0.157. The summed E-state index contributed by atoms with van der Waals surface area (Å²) in [5, 5.41) is 15.0. The zero-order valence-corrected chi connectivity index (χ0v) is 6.14. The van der Waals surface area contributed by atoms with Crippen molar-refractivity contribution >= 4 is 12.2 Å². The Labute approximate surface area is 67.9 Å². The van der Waals surface area contributed by atoms with E-state index in [2.05, 4.69) is 10.5 Å². The van der Waals surface area contributed by atoms with Gasteiger partial charge in [-0.1, -0.05) is 0 Å². The van der Waals surface area contributed by atoms with Crippen LogP contribution in [-0.4, -0.2) is 35.2 Å². The van der Waals surface area contributed by atoms with Gasteiger partial charge in [-0.2, -0.15) is 0 Å². The van der Waals surface area contributed by atoms with E-state index in [-0.39, 0.29) is 6.61 Å². The summed E-state index contributed by atoms with van der Waals surface area (Å²) in [5.74, 6) is 0. The third kappa shape index (κ3) is 39.3. The normalized spacial score (nSPS) is 8.25. The largest absolute Gasteiger partial charge is 0.505 e. The summed E-state index contributed by atoms with van der Waals surface area (Å²) >= 11 is 0. The van der Waals surface area contributed by atoms with Crippen LogP contribution in [0.3, 0.4) is 0 Å². The molecule has 0 fully saturated rings. The maximum Gasteiger partial charge on any atom is 0.505 e. The first-order valence-corrected chi connectivity index (χ1v) is 2.71. The number of ether oxygens (including phenoxy) is 1. The third-order valence-corrected chi connectivity index (χ3v) is 0.399. The first-order valence-electron chi connectivity index (χ1n) is 2.71. The van der Waals surface area contributed by atoms with Gasteiger partial charge in [0.2, 0.25) is 0 Å². The summed E-state index contributed by atoms with van der Waals surface area (Å²) in [5.41, 5.74) is 13.9. The molecule has 0 aliphatic rings. The molecule has 0 saturated heterocycles. The average Bonchev–Trinajstić information content (AvgIpc) is 1.82. The van der Waals surface area contributed by atoms with Crippen LogP contribution in [0.5, 0.6) is 0 Å². The smallest absolute Gasteiger partial charge is 0.465 e. The SMILES string of the molecule is NC(=O)O.NC(N)COC(=O)O. The van der Waals surface area contributed by atoms with Gasteiger partial charge in [0, 0.05) is 0 Å². The summed E-state index contributed by atoms with van der Waals surface area (Å²) in [6.07, 6.45) is -3.41. The van der Waals surface area contributed by atoms with Crippen LogP contribution in [0.15, 0.2) is 0 Å². The quantitative estimate of drug-likeness (QED) is 0.257. The minimum Gasteiger partial charge on any atom is -0.465 e. The lowest BCUT2D eigenvalue weighted by Gasteiger charge is -2.01. The molecule has 0 bridgehead atoms. The molecule has 0 radical (unpaired) electrons. The fourth-order valence-electron chi connectivity index (χ4n) is 0.168. The van der Waals surface area contributed by atoms with E-state index >= 15 is 0 Å². The number of primary amides is 1. The number of rotatable bonds is 2. The van der Waals surface area contributed by atoms with Crippen LogP contribution in [0.1, 0.15) is 0 Å². The highest BCUT2D eigenvalue weighted by Gasteiger charge is 1.97. The molecule has 8 N–H and O–H groups in total. The average molecular weight is 181 g/mol. The molecule has 0 aromatic carbocycles. The molecule has 0 rings (SSSR count). The van der Waals surface area contributed by atoms with Crippen molar-refractivity contribution in [3.05, 3.63) is 0 Å². The van der Waals surface area contributed by atoms with Crippen LogP contribution in [0.4, 0.5) is 9.59 Å². The van der Waals surface area contributed by atoms with Crippen LogP contribution in [0, 0.1) is 0 Å². The van der Waals surface area contributed by atoms with Crippen LogP contribution < -0.4 is 17.2 Å². The van der Waals surface area contributed by atoms with E-state index < -0.39 is 18.4 Å². The van der Waals surface area contributed by atoms with E-state index in [0.717, 1.165) is 0 Å². The molecular weight excluding hydrogens is 170 g/mol. The van der Waals surface area contributed by atoms with Crippen LogP contribution in [0.2, 0.25) is 0 Å². The predicted octanol–water partition coefficient (Wildman–Crippen LogP) is -1.45. The second-order valence-corrected chi connectivity index (χ2v) is 1.58. The Bertz CT molecular complexity index is 144. The molecule has 0 aliphatic carbocycles. The Hall–Kier alpha value is -1.54. The number of hydrogen-bond acceptors (Lipinski definition) is 5. The first kappa shape index (κ1) is 13.1. The monoisotopic (exact) mass is 181 g/mol. The number of nitrogens with two attached hydrogens (primary N) is 3. The predicted molar refractivity (Wildman–Crippen MR) is 38.4 cm³/mol. The van der Waals surface area contributed by atoms with Gasteiger partial charge >= 0.3 is 12.2 Å². The van der Waals surface area contributed by atoms with Crippen molar-refractivity contribution in [2.45, 2.75) is 6.17 Å². The van der Waals surface area contributed by atoms with Crippen LogP contribution in [0.25, 0.3) is 0 Å². The zero-order chi connectivity index (χ0) is 10.1. The molecule has 8 nitrogen and oxygen atoms in total. The second-order valence-electron chi connectivity index (χ2n) is 1.58. The number of carbonyl (C=O) groups is 2. The van der Waals surface area contributed by atoms with Gasteiger partial charge in [-0.25, -0.2) is 9.59 Å². The molecule has 0 heterocycles. The molecule has 0 aliphatic heterocycles. The van der Waals surface area contributed by atoms with Gasteiger partial charge in [0.15, 0.2) is 0 Å². The molecule has 0 saturated carbocycles. The van der Waals surface area contributed by atoms with Crippen molar-refractivity contribution < 1.29 is 24.5 Å².